The summed E-state index contributed by atoms with van der Waals surface area (Å²) in [5, 5.41) is 15.0. The van der Waals surface area contributed by atoms with Crippen molar-refractivity contribution >= 4 is 33.4 Å². The molecule has 2 heterocycles. The zero-order valence-electron chi connectivity index (χ0n) is 27.0. The van der Waals surface area contributed by atoms with Crippen LogP contribution in [0, 0.1) is 0 Å². The summed E-state index contributed by atoms with van der Waals surface area (Å²) in [4.78, 5) is 24.1. The number of carbonyl (C=O) groups is 1. The normalized spacial score (nSPS) is 18.6. The monoisotopic (exact) mass is 638 g/mol. The molecule has 8 heteroatoms. The number of benzene rings is 5. The summed E-state index contributed by atoms with van der Waals surface area (Å²) in [5.74, 6) is -0.332. The van der Waals surface area contributed by atoms with Crippen LogP contribution in [-0.2, 0) is 16.1 Å². The van der Waals surface area contributed by atoms with Crippen molar-refractivity contribution < 1.29 is 19.4 Å². The van der Waals surface area contributed by atoms with E-state index in [4.69, 9.17) is 9.47 Å². The van der Waals surface area contributed by atoms with E-state index in [9.17, 15) is 9.90 Å². The van der Waals surface area contributed by atoms with Gasteiger partial charge in [0.05, 0.1) is 36.0 Å². The second-order valence-corrected chi connectivity index (χ2v) is 12.4. The van der Waals surface area contributed by atoms with E-state index in [2.05, 4.69) is 76.6 Å². The molecule has 4 atom stereocenters. The molecule has 0 spiro atoms. The number of aliphatic hydroxyl groups excluding tert-OH is 1. The van der Waals surface area contributed by atoms with Gasteiger partial charge in [0, 0.05) is 30.3 Å². The van der Waals surface area contributed by atoms with E-state index in [0.29, 0.717) is 24.2 Å². The van der Waals surface area contributed by atoms with Crippen LogP contribution in [0.2, 0.25) is 0 Å². The Morgan fingerprint density at radius 2 is 1.58 bits per heavy atom. The molecule has 2 N–H and O–H groups in total. The van der Waals surface area contributed by atoms with Crippen LogP contribution in [0.5, 0.6) is 0 Å². The number of rotatable bonds is 9. The van der Waals surface area contributed by atoms with E-state index in [1.807, 2.05) is 72.8 Å². The van der Waals surface area contributed by atoms with E-state index < -0.39 is 6.29 Å². The molecule has 0 bridgehead atoms. The number of nitrogens with zero attached hydrogens (tertiary/aromatic N) is 3. The lowest BCUT2D eigenvalue weighted by molar-refractivity contribution is -0.253. The molecule has 1 amide bonds. The van der Waals surface area contributed by atoms with E-state index in [1.54, 1.807) is 0 Å². The van der Waals surface area contributed by atoms with Crippen LogP contribution in [0.15, 0.2) is 121 Å². The van der Waals surface area contributed by atoms with Crippen LogP contribution in [0.1, 0.15) is 64.5 Å². The first-order chi connectivity index (χ1) is 23.4. The summed E-state index contributed by atoms with van der Waals surface area (Å²) in [7, 11) is 2.14. The molecule has 0 unspecified atom stereocenters. The molecular formula is C40H38N4O4. The van der Waals surface area contributed by atoms with Gasteiger partial charge in [0.25, 0.3) is 5.91 Å². The summed E-state index contributed by atoms with van der Waals surface area (Å²) in [5.41, 5.74) is 6.28. The third kappa shape index (κ3) is 6.98. The molecule has 5 aromatic carbocycles. The average Bonchev–Trinajstić information content (AvgIpc) is 3.14. The number of ether oxygens (including phenoxy) is 2. The molecule has 8 nitrogen and oxygen atoms in total. The SMILES string of the molecule is C[C@H](c1ccc2ccccc2c1)N(C)C[C@H]1C[C@@H](c2ccc(CO)cc2)O[C@@H](c2ccc(NC(=O)c3cnc4ccccc4n3)cc2)O1. The molecule has 7 rings (SSSR count). The molecule has 0 aliphatic carbocycles. The van der Waals surface area contributed by atoms with Gasteiger partial charge in [-0.2, -0.15) is 0 Å². The quantitative estimate of drug-likeness (QED) is 0.167. The number of aliphatic hydroxyl groups is 1. The Morgan fingerprint density at radius 1 is 0.875 bits per heavy atom. The molecule has 1 aliphatic heterocycles. The smallest absolute Gasteiger partial charge is 0.275 e. The molecular weight excluding hydrogens is 600 g/mol. The first kappa shape index (κ1) is 31.6. The standard InChI is InChI=1S/C40H38N4O4/c1-26(31-16-15-28-7-3-4-8-32(28)21-31)44(2)24-34-22-38(29-13-11-27(25-45)12-14-29)48-40(47-34)30-17-19-33(20-18-30)42-39(46)37-23-41-35-9-5-6-10-36(35)43-37/h3-21,23,26,34,38,40,45H,22,24-25H2,1-2H3,(H,42,46)/t26-,34-,38+,40+/m1/s1. The second kappa shape index (κ2) is 14.0. The lowest BCUT2D eigenvalue weighted by Gasteiger charge is -2.39. The topological polar surface area (TPSA) is 96.8 Å². The Labute approximate surface area is 280 Å². The van der Waals surface area contributed by atoms with Crippen molar-refractivity contribution in [2.45, 2.75) is 44.5 Å². The van der Waals surface area contributed by atoms with Gasteiger partial charge in [0.1, 0.15) is 5.69 Å². The van der Waals surface area contributed by atoms with Crippen molar-refractivity contribution in [2.24, 2.45) is 0 Å². The minimum atomic E-state index is -0.605. The van der Waals surface area contributed by atoms with E-state index in [-0.39, 0.29) is 36.5 Å². The number of likely N-dealkylation sites (N-methyl/N-ethyl adjacent to an activating group) is 1. The molecule has 1 aliphatic rings. The van der Waals surface area contributed by atoms with Gasteiger partial charge in [-0.15, -0.1) is 0 Å². The first-order valence-corrected chi connectivity index (χ1v) is 16.3. The number of para-hydroxylation sites is 2. The Morgan fingerprint density at radius 3 is 2.35 bits per heavy atom. The van der Waals surface area contributed by atoms with Gasteiger partial charge in [-0.3, -0.25) is 14.7 Å². The Bertz CT molecular complexity index is 2030. The highest BCUT2D eigenvalue weighted by Gasteiger charge is 2.33. The zero-order valence-corrected chi connectivity index (χ0v) is 27.0. The minimum Gasteiger partial charge on any atom is -0.392 e. The highest BCUT2D eigenvalue weighted by Crippen LogP contribution is 2.39. The fraction of sp³-hybridized carbons (Fsp3) is 0.225. The minimum absolute atomic E-state index is 0.00601. The highest BCUT2D eigenvalue weighted by molar-refractivity contribution is 6.03. The van der Waals surface area contributed by atoms with Crippen molar-refractivity contribution in [1.29, 1.82) is 0 Å². The van der Waals surface area contributed by atoms with Gasteiger partial charge in [-0.05, 0) is 71.8 Å². The van der Waals surface area contributed by atoms with Crippen LogP contribution >= 0.6 is 0 Å². The Balaban J connectivity index is 1.08. The summed E-state index contributed by atoms with van der Waals surface area (Å²) >= 11 is 0. The number of fused-ring (bicyclic) bond motifs is 2. The van der Waals surface area contributed by atoms with Gasteiger partial charge in [-0.1, -0.05) is 84.9 Å². The maximum Gasteiger partial charge on any atom is 0.275 e. The first-order valence-electron chi connectivity index (χ1n) is 16.3. The number of hydrogen-bond acceptors (Lipinski definition) is 7. The number of nitrogens with one attached hydrogen (secondary N) is 1. The lowest BCUT2D eigenvalue weighted by Crippen LogP contribution is -2.38. The van der Waals surface area contributed by atoms with E-state index >= 15 is 0 Å². The van der Waals surface area contributed by atoms with Gasteiger partial charge in [0.2, 0.25) is 0 Å². The van der Waals surface area contributed by atoms with Gasteiger partial charge >= 0.3 is 0 Å². The van der Waals surface area contributed by atoms with Crippen LogP contribution < -0.4 is 5.32 Å². The number of amides is 1. The maximum atomic E-state index is 13.0. The molecule has 1 fully saturated rings. The van der Waals surface area contributed by atoms with Crippen LogP contribution in [0.25, 0.3) is 21.8 Å². The van der Waals surface area contributed by atoms with Crippen molar-refractivity contribution in [2.75, 3.05) is 18.9 Å². The number of carbonyl (C=O) groups excluding carboxylic acids is 1. The molecule has 1 aromatic heterocycles. The Hall–Kier alpha value is -4.99. The third-order valence-electron chi connectivity index (χ3n) is 9.15. The fourth-order valence-electron chi connectivity index (χ4n) is 6.22. The predicted molar refractivity (Wildman–Crippen MR) is 187 cm³/mol. The Kier molecular flexibility index (Phi) is 9.22. The van der Waals surface area contributed by atoms with Crippen molar-refractivity contribution in [1.82, 2.24) is 14.9 Å². The number of hydrogen-bond donors (Lipinski definition) is 2. The van der Waals surface area contributed by atoms with Gasteiger partial charge in [-0.25, -0.2) is 4.98 Å². The highest BCUT2D eigenvalue weighted by atomic mass is 16.7. The number of anilines is 1. The largest absolute Gasteiger partial charge is 0.392 e. The molecule has 242 valence electrons. The molecule has 1 saturated heterocycles. The lowest BCUT2D eigenvalue weighted by atomic mass is 9.98. The van der Waals surface area contributed by atoms with Crippen LogP contribution in [-0.4, -0.2) is 45.6 Å². The summed E-state index contributed by atoms with van der Waals surface area (Å²) in [6, 6.07) is 38.1. The molecule has 6 aromatic rings. The van der Waals surface area contributed by atoms with Crippen LogP contribution in [0.4, 0.5) is 5.69 Å². The van der Waals surface area contributed by atoms with Crippen molar-refractivity contribution in [3.8, 4) is 0 Å². The summed E-state index contributed by atoms with van der Waals surface area (Å²) in [6.45, 7) is 2.93. The van der Waals surface area contributed by atoms with E-state index in [0.717, 1.165) is 22.2 Å². The maximum absolute atomic E-state index is 13.0. The zero-order chi connectivity index (χ0) is 33.0. The average molecular weight is 639 g/mol. The predicted octanol–water partition coefficient (Wildman–Crippen LogP) is 7.77. The van der Waals surface area contributed by atoms with E-state index in [1.165, 1.54) is 22.5 Å². The fourth-order valence-corrected chi connectivity index (χ4v) is 6.22. The van der Waals surface area contributed by atoms with Gasteiger partial charge in [0.15, 0.2) is 6.29 Å². The molecule has 48 heavy (non-hydrogen) atoms. The van der Waals surface area contributed by atoms with Crippen LogP contribution in [0.3, 0.4) is 0 Å². The summed E-state index contributed by atoms with van der Waals surface area (Å²) in [6.07, 6.45) is 1.26. The third-order valence-corrected chi connectivity index (χ3v) is 9.15. The summed E-state index contributed by atoms with van der Waals surface area (Å²) < 4.78 is 13.2. The van der Waals surface area contributed by atoms with Gasteiger partial charge < -0.3 is 19.9 Å². The second-order valence-electron chi connectivity index (χ2n) is 12.4. The van der Waals surface area contributed by atoms with Crippen molar-refractivity contribution in [3.05, 3.63) is 149 Å². The molecule has 0 saturated carbocycles. The van der Waals surface area contributed by atoms with Crippen molar-refractivity contribution in [3.63, 3.8) is 0 Å². The number of aromatic nitrogens is 2. The molecule has 0 radical (unpaired) electrons.